The summed E-state index contributed by atoms with van der Waals surface area (Å²) in [6, 6.07) is 5.96. The number of anilines is 1. The van der Waals surface area contributed by atoms with Gasteiger partial charge in [0, 0.05) is 17.5 Å². The maximum absolute atomic E-state index is 12.0. The molecule has 7 heteroatoms. The highest BCUT2D eigenvalue weighted by Crippen LogP contribution is 2.25. The van der Waals surface area contributed by atoms with Gasteiger partial charge in [-0.1, -0.05) is 0 Å². The van der Waals surface area contributed by atoms with Crippen LogP contribution in [0.2, 0.25) is 0 Å². The highest BCUT2D eigenvalue weighted by Gasteiger charge is 2.36. The van der Waals surface area contributed by atoms with Crippen LogP contribution in [-0.4, -0.2) is 31.5 Å². The van der Waals surface area contributed by atoms with E-state index < -0.39 is 15.9 Å². The summed E-state index contributed by atoms with van der Waals surface area (Å²) in [6.45, 7) is 5.61. The number of hydrogen-bond donors (Lipinski definition) is 1. The molecule has 6 nitrogen and oxygen atoms in total. The van der Waals surface area contributed by atoms with Crippen LogP contribution in [-0.2, 0) is 14.8 Å². The third-order valence-corrected chi connectivity index (χ3v) is 4.62. The summed E-state index contributed by atoms with van der Waals surface area (Å²) in [6.07, 6.45) is -0.00536. The molecule has 0 aromatic heterocycles. The van der Waals surface area contributed by atoms with E-state index >= 15 is 0 Å². The summed E-state index contributed by atoms with van der Waals surface area (Å²) >= 11 is 0. The molecule has 1 aliphatic heterocycles. The lowest BCUT2D eigenvalue weighted by atomic mass is 10.1. The quantitative estimate of drug-likeness (QED) is 0.892. The molecule has 0 saturated carbocycles. The fourth-order valence-electron chi connectivity index (χ4n) is 2.03. The molecule has 1 saturated heterocycles. The Hall–Kier alpha value is -1.89. The van der Waals surface area contributed by atoms with Gasteiger partial charge in [-0.25, -0.2) is 12.7 Å². The molecule has 1 aromatic rings. The number of rotatable bonds is 2. The van der Waals surface area contributed by atoms with E-state index in [1.165, 1.54) is 24.3 Å². The van der Waals surface area contributed by atoms with Crippen LogP contribution in [0, 0.1) is 0 Å². The van der Waals surface area contributed by atoms with Crippen molar-refractivity contribution in [3.63, 3.8) is 0 Å². The van der Waals surface area contributed by atoms with Crippen LogP contribution in [0.5, 0.6) is 0 Å². The topological polar surface area (TPSA) is 83.6 Å². The first-order chi connectivity index (χ1) is 9.60. The second-order valence-corrected chi connectivity index (χ2v) is 7.91. The number of nitrogens with one attached hydrogen (secondary N) is 1. The molecule has 1 aromatic carbocycles. The Morgan fingerprint density at radius 2 is 1.76 bits per heavy atom. The highest BCUT2D eigenvalue weighted by atomic mass is 32.2. The van der Waals surface area contributed by atoms with Crippen LogP contribution >= 0.6 is 0 Å². The lowest BCUT2D eigenvalue weighted by Gasteiger charge is -2.21. The number of hydrogen-bond acceptors (Lipinski definition) is 4. The summed E-state index contributed by atoms with van der Waals surface area (Å²) in [4.78, 5) is 23.6. The Morgan fingerprint density at radius 1 is 1.19 bits per heavy atom. The van der Waals surface area contributed by atoms with Crippen molar-refractivity contribution in [2.24, 2.45) is 0 Å². The normalized spacial score (nSPS) is 17.9. The highest BCUT2D eigenvalue weighted by molar-refractivity contribution is 7.94. The predicted octanol–water partition coefficient (Wildman–Crippen LogP) is 1.28. The molecular formula is C14H18N2O4S. The van der Waals surface area contributed by atoms with Gasteiger partial charge in [-0.05, 0) is 45.0 Å². The van der Waals surface area contributed by atoms with Crippen LogP contribution in [0.1, 0.15) is 37.6 Å². The molecule has 114 valence electrons. The number of carbonyl (C=O) groups excluding carboxylic acids is 2. The second kappa shape index (κ2) is 5.14. The molecule has 1 aliphatic rings. The Morgan fingerprint density at radius 3 is 2.19 bits per heavy atom. The maximum Gasteiger partial charge on any atom is 0.251 e. The minimum absolute atomic E-state index is 0.00536. The predicted molar refractivity (Wildman–Crippen MR) is 79.6 cm³/mol. The van der Waals surface area contributed by atoms with Gasteiger partial charge in [0.2, 0.25) is 15.9 Å². The molecule has 1 fully saturated rings. The fraction of sp³-hybridized carbons (Fsp3) is 0.429. The first kappa shape index (κ1) is 15.5. The molecule has 1 heterocycles. The van der Waals surface area contributed by atoms with Gasteiger partial charge < -0.3 is 5.32 Å². The van der Waals surface area contributed by atoms with Crippen LogP contribution in [0.3, 0.4) is 0 Å². The van der Waals surface area contributed by atoms with Crippen LogP contribution in [0.4, 0.5) is 5.69 Å². The van der Waals surface area contributed by atoms with Gasteiger partial charge in [0.05, 0.1) is 11.4 Å². The third-order valence-electron chi connectivity index (χ3n) is 2.93. The van der Waals surface area contributed by atoms with Gasteiger partial charge in [-0.3, -0.25) is 9.59 Å². The lowest BCUT2D eigenvalue weighted by Crippen LogP contribution is -2.40. The molecule has 0 radical (unpaired) electrons. The maximum atomic E-state index is 12.0. The van der Waals surface area contributed by atoms with E-state index in [9.17, 15) is 18.0 Å². The molecular weight excluding hydrogens is 292 g/mol. The molecule has 0 atom stereocenters. The van der Waals surface area contributed by atoms with Crippen molar-refractivity contribution >= 4 is 27.5 Å². The molecule has 2 rings (SSSR count). The molecule has 0 bridgehead atoms. The van der Waals surface area contributed by atoms with E-state index in [-0.39, 0.29) is 29.3 Å². The largest absolute Gasteiger partial charge is 0.347 e. The van der Waals surface area contributed by atoms with Crippen molar-refractivity contribution in [2.75, 3.05) is 10.1 Å². The van der Waals surface area contributed by atoms with E-state index in [4.69, 9.17) is 0 Å². The first-order valence-corrected chi connectivity index (χ1v) is 8.19. The van der Waals surface area contributed by atoms with E-state index in [0.717, 1.165) is 4.31 Å². The molecule has 21 heavy (non-hydrogen) atoms. The SMILES string of the molecule is CC(C)(C)NC(=O)c1ccc(N2C(=O)CCS2(=O)=O)cc1. The Balaban J connectivity index is 2.24. The summed E-state index contributed by atoms with van der Waals surface area (Å²) in [5.41, 5.74) is 0.326. The van der Waals surface area contributed by atoms with Crippen molar-refractivity contribution < 1.29 is 18.0 Å². The van der Waals surface area contributed by atoms with Gasteiger partial charge in [0.15, 0.2) is 0 Å². The van der Waals surface area contributed by atoms with Crippen LogP contribution in [0.15, 0.2) is 24.3 Å². The number of nitrogens with zero attached hydrogens (tertiary/aromatic N) is 1. The van der Waals surface area contributed by atoms with E-state index in [0.29, 0.717) is 5.56 Å². The Kier molecular flexibility index (Phi) is 3.79. The van der Waals surface area contributed by atoms with E-state index in [1.807, 2.05) is 20.8 Å². The van der Waals surface area contributed by atoms with Crippen molar-refractivity contribution in [2.45, 2.75) is 32.7 Å². The Labute approximate surface area is 124 Å². The molecule has 0 unspecified atom stereocenters. The third kappa shape index (κ3) is 3.41. The average molecular weight is 310 g/mol. The van der Waals surface area contributed by atoms with Gasteiger partial charge >= 0.3 is 0 Å². The average Bonchev–Trinajstić information content (AvgIpc) is 2.61. The first-order valence-electron chi connectivity index (χ1n) is 6.58. The van der Waals surface area contributed by atoms with Crippen molar-refractivity contribution in [1.82, 2.24) is 5.32 Å². The van der Waals surface area contributed by atoms with E-state index in [1.54, 1.807) is 0 Å². The van der Waals surface area contributed by atoms with Gasteiger partial charge in [-0.2, -0.15) is 0 Å². The zero-order valence-electron chi connectivity index (χ0n) is 12.2. The van der Waals surface area contributed by atoms with Crippen LogP contribution in [0.25, 0.3) is 0 Å². The summed E-state index contributed by atoms with van der Waals surface area (Å²) < 4.78 is 24.4. The van der Waals surface area contributed by atoms with Gasteiger partial charge in [0.1, 0.15) is 0 Å². The minimum atomic E-state index is -3.57. The Bertz CT molecular complexity index is 672. The molecule has 0 aliphatic carbocycles. The van der Waals surface area contributed by atoms with Crippen LogP contribution < -0.4 is 9.62 Å². The summed E-state index contributed by atoms with van der Waals surface area (Å²) in [7, 11) is -3.57. The minimum Gasteiger partial charge on any atom is -0.347 e. The van der Waals surface area contributed by atoms with Crippen molar-refractivity contribution in [3.05, 3.63) is 29.8 Å². The monoisotopic (exact) mass is 310 g/mol. The zero-order chi connectivity index (χ0) is 15.8. The number of amides is 2. The smallest absolute Gasteiger partial charge is 0.251 e. The summed E-state index contributed by atoms with van der Waals surface area (Å²) in [5.74, 6) is -0.857. The second-order valence-electron chi connectivity index (χ2n) is 5.98. The molecule has 1 N–H and O–H groups in total. The van der Waals surface area contributed by atoms with Gasteiger partial charge in [-0.15, -0.1) is 0 Å². The standard InChI is InChI=1S/C14H18N2O4S/c1-14(2,3)15-13(18)10-4-6-11(7-5-10)16-12(17)8-9-21(16,19)20/h4-7H,8-9H2,1-3H3,(H,15,18). The van der Waals surface area contributed by atoms with Gasteiger partial charge in [0.25, 0.3) is 5.91 Å². The molecule has 2 amide bonds. The lowest BCUT2D eigenvalue weighted by molar-refractivity contribution is -0.116. The fourth-order valence-corrected chi connectivity index (χ4v) is 3.49. The number of carbonyl (C=O) groups is 2. The molecule has 0 spiro atoms. The number of benzene rings is 1. The number of sulfonamides is 1. The van der Waals surface area contributed by atoms with Crippen molar-refractivity contribution in [3.8, 4) is 0 Å². The zero-order valence-corrected chi connectivity index (χ0v) is 13.0. The van der Waals surface area contributed by atoms with Crippen molar-refractivity contribution in [1.29, 1.82) is 0 Å². The summed E-state index contributed by atoms with van der Waals surface area (Å²) in [5, 5.41) is 2.81. The van der Waals surface area contributed by atoms with E-state index in [2.05, 4.69) is 5.32 Å².